The quantitative estimate of drug-likeness (QED) is 0.219. The fraction of sp³-hybridized carbons (Fsp3) is 0.500. The highest BCUT2D eigenvalue weighted by Gasteiger charge is 2.23. The molecule has 1 heterocycles. The summed E-state index contributed by atoms with van der Waals surface area (Å²) in [7, 11) is 0. The Hall–Kier alpha value is -2.99. The van der Waals surface area contributed by atoms with Crippen LogP contribution in [0.3, 0.4) is 0 Å². The van der Waals surface area contributed by atoms with Crippen molar-refractivity contribution in [1.82, 2.24) is 25.9 Å². The number of nitrogens with one attached hydrogen (secondary N) is 4. The maximum absolute atomic E-state index is 11.8. The molecule has 144 valence electrons. The summed E-state index contributed by atoms with van der Waals surface area (Å²) in [6.45, 7) is 0.136. The lowest BCUT2D eigenvalue weighted by molar-refractivity contribution is -0.143. The summed E-state index contributed by atoms with van der Waals surface area (Å²) in [6, 6.07) is -3.42. The Morgan fingerprint density at radius 3 is 2.50 bits per heavy atom. The molecule has 3 unspecified atom stereocenters. The normalized spacial score (nSPS) is 14.0. The first-order valence-electron chi connectivity index (χ1n) is 7.68. The Kier molecular flexibility index (Phi) is 8.18. The first-order valence-corrected chi connectivity index (χ1v) is 7.68. The van der Waals surface area contributed by atoms with Crippen molar-refractivity contribution in [1.29, 1.82) is 0 Å². The zero-order chi connectivity index (χ0) is 19.7. The highest BCUT2D eigenvalue weighted by molar-refractivity contribution is 5.92. The average Bonchev–Trinajstić information content (AvgIpc) is 3.09. The van der Waals surface area contributed by atoms with Gasteiger partial charge in [0.15, 0.2) is 0 Å². The van der Waals surface area contributed by atoms with Crippen LogP contribution in [0.25, 0.3) is 0 Å². The third kappa shape index (κ3) is 6.86. The molecule has 1 aromatic rings. The number of imidazole rings is 1. The molecule has 0 aliphatic heterocycles. The molecule has 1 rings (SSSR count). The first-order chi connectivity index (χ1) is 12.2. The molecule has 12 nitrogen and oxygen atoms in total. The molecular formula is C14H22N6O6. The van der Waals surface area contributed by atoms with Crippen molar-refractivity contribution in [3.8, 4) is 0 Å². The monoisotopic (exact) mass is 370 g/mol. The number of carboxylic acids is 1. The fourth-order valence-corrected chi connectivity index (χ4v) is 1.86. The van der Waals surface area contributed by atoms with E-state index in [1.165, 1.54) is 19.4 Å². The van der Waals surface area contributed by atoms with Gasteiger partial charge >= 0.3 is 5.97 Å². The van der Waals surface area contributed by atoms with E-state index in [2.05, 4.69) is 25.9 Å². The van der Waals surface area contributed by atoms with Gasteiger partial charge in [0.1, 0.15) is 12.1 Å². The molecule has 0 aliphatic carbocycles. The van der Waals surface area contributed by atoms with Crippen LogP contribution in [0.2, 0.25) is 0 Å². The lowest BCUT2D eigenvalue weighted by atomic mass is 10.1. The summed E-state index contributed by atoms with van der Waals surface area (Å²) in [4.78, 5) is 52.7. The predicted molar refractivity (Wildman–Crippen MR) is 87.5 cm³/mol. The number of rotatable bonds is 10. The molecule has 0 bridgehead atoms. The maximum Gasteiger partial charge on any atom is 0.328 e. The van der Waals surface area contributed by atoms with Gasteiger partial charge in [-0.2, -0.15) is 0 Å². The molecule has 0 radical (unpaired) electrons. The number of aliphatic hydroxyl groups excluding tert-OH is 1. The van der Waals surface area contributed by atoms with E-state index < -0.39 is 55.0 Å². The molecular weight excluding hydrogens is 348 g/mol. The van der Waals surface area contributed by atoms with Gasteiger partial charge in [-0.15, -0.1) is 0 Å². The Morgan fingerprint density at radius 2 is 1.96 bits per heavy atom. The second kappa shape index (κ2) is 10.1. The van der Waals surface area contributed by atoms with Gasteiger partial charge in [-0.05, 0) is 6.92 Å². The van der Waals surface area contributed by atoms with E-state index >= 15 is 0 Å². The summed E-state index contributed by atoms with van der Waals surface area (Å²) in [5.41, 5.74) is 6.37. The molecule has 26 heavy (non-hydrogen) atoms. The Labute approximate surface area is 148 Å². The maximum atomic E-state index is 11.8. The lowest BCUT2D eigenvalue weighted by Gasteiger charge is -2.17. The molecule has 8 N–H and O–H groups in total. The minimum absolute atomic E-state index is 0.212. The van der Waals surface area contributed by atoms with Crippen LogP contribution >= 0.6 is 0 Å². The number of nitrogens with zero attached hydrogens (tertiary/aromatic N) is 1. The van der Waals surface area contributed by atoms with Gasteiger partial charge in [0.25, 0.3) is 0 Å². The predicted octanol–water partition coefficient (Wildman–Crippen LogP) is -3.54. The zero-order valence-electron chi connectivity index (χ0n) is 14.1. The standard InChI is InChI=1S/C14H22N6O6/c1-7(12(23)20-10(5-21)14(25)26)19-11(22)4-17-13(24)9(15)2-8-3-16-6-18-8/h3,6-7,9-10,21H,2,4-5,15H2,1H3,(H,16,18)(H,17,24)(H,19,22)(H,20,23)(H,25,26). The smallest absolute Gasteiger partial charge is 0.328 e. The van der Waals surface area contributed by atoms with Gasteiger partial charge in [0.2, 0.25) is 17.7 Å². The largest absolute Gasteiger partial charge is 0.480 e. The number of aliphatic hydroxyl groups is 1. The SMILES string of the molecule is CC(NC(=O)CNC(=O)C(N)Cc1cnc[nH]1)C(=O)NC(CO)C(=O)O. The molecule has 0 aromatic carbocycles. The number of hydrogen-bond acceptors (Lipinski definition) is 7. The van der Waals surface area contributed by atoms with Crippen LogP contribution in [0.4, 0.5) is 0 Å². The summed E-state index contributed by atoms with van der Waals surface area (Å²) >= 11 is 0. The van der Waals surface area contributed by atoms with E-state index in [0.29, 0.717) is 5.69 Å². The van der Waals surface area contributed by atoms with Crippen molar-refractivity contribution in [2.75, 3.05) is 13.2 Å². The zero-order valence-corrected chi connectivity index (χ0v) is 14.1. The minimum atomic E-state index is -1.47. The first kappa shape index (κ1) is 21.1. The molecule has 0 aliphatic rings. The number of amides is 3. The Bertz CT molecular complexity index is 634. The summed E-state index contributed by atoms with van der Waals surface area (Å²) in [5.74, 6) is -3.41. The van der Waals surface area contributed by atoms with Gasteiger partial charge in [0, 0.05) is 18.3 Å². The van der Waals surface area contributed by atoms with Crippen molar-refractivity contribution < 1.29 is 29.4 Å². The van der Waals surface area contributed by atoms with Crippen LogP contribution in [0.1, 0.15) is 12.6 Å². The summed E-state index contributed by atoms with van der Waals surface area (Å²) in [6.07, 6.45) is 3.19. The Morgan fingerprint density at radius 1 is 1.27 bits per heavy atom. The Balaban J connectivity index is 2.37. The molecule has 1 aromatic heterocycles. The van der Waals surface area contributed by atoms with Crippen LogP contribution in [0, 0.1) is 0 Å². The number of nitrogens with two attached hydrogens (primary N) is 1. The fourth-order valence-electron chi connectivity index (χ4n) is 1.86. The number of aromatic nitrogens is 2. The lowest BCUT2D eigenvalue weighted by Crippen LogP contribution is -2.53. The van der Waals surface area contributed by atoms with Crippen molar-refractivity contribution in [2.24, 2.45) is 5.73 Å². The average molecular weight is 370 g/mol. The number of aliphatic carboxylic acids is 1. The third-order valence-corrected chi connectivity index (χ3v) is 3.32. The second-order valence-corrected chi connectivity index (χ2v) is 5.48. The van der Waals surface area contributed by atoms with Crippen LogP contribution in [0.5, 0.6) is 0 Å². The van der Waals surface area contributed by atoms with E-state index in [1.807, 2.05) is 0 Å². The summed E-state index contributed by atoms with van der Waals surface area (Å²) in [5, 5.41) is 24.3. The number of hydrogen-bond donors (Lipinski definition) is 7. The van der Waals surface area contributed by atoms with E-state index in [1.54, 1.807) is 0 Å². The molecule has 0 spiro atoms. The molecule has 0 fully saturated rings. The van der Waals surface area contributed by atoms with Crippen LogP contribution in [-0.2, 0) is 25.6 Å². The van der Waals surface area contributed by atoms with Crippen LogP contribution < -0.4 is 21.7 Å². The van der Waals surface area contributed by atoms with Crippen molar-refractivity contribution in [2.45, 2.75) is 31.5 Å². The van der Waals surface area contributed by atoms with E-state index in [9.17, 15) is 19.2 Å². The molecule has 3 atom stereocenters. The number of H-pyrrole nitrogens is 1. The van der Waals surface area contributed by atoms with Gasteiger partial charge in [-0.3, -0.25) is 14.4 Å². The van der Waals surface area contributed by atoms with Crippen LogP contribution in [-0.4, -0.2) is 75.1 Å². The molecule has 3 amide bonds. The second-order valence-electron chi connectivity index (χ2n) is 5.48. The van der Waals surface area contributed by atoms with Crippen molar-refractivity contribution >= 4 is 23.7 Å². The van der Waals surface area contributed by atoms with Gasteiger partial charge in [-0.25, -0.2) is 9.78 Å². The molecule has 0 saturated carbocycles. The highest BCUT2D eigenvalue weighted by atomic mass is 16.4. The van der Waals surface area contributed by atoms with Crippen molar-refractivity contribution in [3.05, 3.63) is 18.2 Å². The van der Waals surface area contributed by atoms with E-state index in [-0.39, 0.29) is 6.42 Å². The van der Waals surface area contributed by atoms with Crippen molar-refractivity contribution in [3.63, 3.8) is 0 Å². The van der Waals surface area contributed by atoms with E-state index in [0.717, 1.165) is 0 Å². The van der Waals surface area contributed by atoms with Gasteiger partial charge < -0.3 is 36.9 Å². The van der Waals surface area contributed by atoms with Crippen LogP contribution in [0.15, 0.2) is 12.5 Å². The number of carbonyl (C=O) groups excluding carboxylic acids is 3. The molecule has 0 saturated heterocycles. The topological polar surface area (TPSA) is 200 Å². The number of carbonyl (C=O) groups is 4. The van der Waals surface area contributed by atoms with Gasteiger partial charge in [0.05, 0.1) is 25.5 Å². The number of carboxylic acid groups (broad SMARTS) is 1. The number of aromatic amines is 1. The summed E-state index contributed by atoms with van der Waals surface area (Å²) < 4.78 is 0. The van der Waals surface area contributed by atoms with Gasteiger partial charge in [-0.1, -0.05) is 0 Å². The molecule has 12 heteroatoms. The van der Waals surface area contributed by atoms with E-state index in [4.69, 9.17) is 15.9 Å². The highest BCUT2D eigenvalue weighted by Crippen LogP contribution is 1.96. The minimum Gasteiger partial charge on any atom is -0.480 e. The third-order valence-electron chi connectivity index (χ3n) is 3.32.